The average molecular weight is 877 g/mol. The van der Waals surface area contributed by atoms with Gasteiger partial charge in [0.05, 0.1) is 0 Å². The van der Waals surface area contributed by atoms with Gasteiger partial charge in [-0.3, -0.25) is 14.4 Å². The van der Waals surface area contributed by atoms with Crippen LogP contribution in [0.5, 0.6) is 0 Å². The van der Waals surface area contributed by atoms with Crippen molar-refractivity contribution in [3.63, 3.8) is 0 Å². The van der Waals surface area contributed by atoms with Crippen molar-refractivity contribution in [2.75, 3.05) is 13.2 Å². The molecule has 1 atom stereocenters. The molecule has 0 rings (SSSR count). The largest absolute Gasteiger partial charge is 0.462 e. The van der Waals surface area contributed by atoms with Gasteiger partial charge in [0.1, 0.15) is 13.2 Å². The highest BCUT2D eigenvalue weighted by atomic mass is 16.6. The second kappa shape index (κ2) is 51.2. The van der Waals surface area contributed by atoms with Crippen molar-refractivity contribution in [1.29, 1.82) is 0 Å². The maximum Gasteiger partial charge on any atom is 0.306 e. The summed E-state index contributed by atoms with van der Waals surface area (Å²) in [6, 6.07) is 0. The van der Waals surface area contributed by atoms with Gasteiger partial charge in [-0.25, -0.2) is 0 Å². The minimum absolute atomic E-state index is 0.104. The molecular weight excluding hydrogens is 781 g/mol. The lowest BCUT2D eigenvalue weighted by atomic mass is 10.1. The second-order valence-electron chi connectivity index (χ2n) is 17.1. The Morgan fingerprint density at radius 3 is 1.00 bits per heavy atom. The van der Waals surface area contributed by atoms with E-state index in [0.717, 1.165) is 103 Å². The number of hydrogen-bond acceptors (Lipinski definition) is 6. The van der Waals surface area contributed by atoms with Gasteiger partial charge in [-0.05, 0) is 116 Å². The molecule has 6 nitrogen and oxygen atoms in total. The van der Waals surface area contributed by atoms with Crippen LogP contribution in [0.1, 0.15) is 239 Å². The Morgan fingerprint density at radius 2 is 0.587 bits per heavy atom. The molecule has 360 valence electrons. The Balaban J connectivity index is 4.51. The van der Waals surface area contributed by atoms with Crippen LogP contribution in [0.25, 0.3) is 0 Å². The summed E-state index contributed by atoms with van der Waals surface area (Å²) in [5.74, 6) is -0.986. The molecule has 0 fully saturated rings. The highest BCUT2D eigenvalue weighted by Crippen LogP contribution is 2.13. The van der Waals surface area contributed by atoms with E-state index in [1.54, 1.807) is 0 Å². The number of carbonyl (C=O) groups is 3. The van der Waals surface area contributed by atoms with Crippen LogP contribution in [0, 0.1) is 0 Å². The summed E-state index contributed by atoms with van der Waals surface area (Å²) >= 11 is 0. The van der Waals surface area contributed by atoms with Crippen LogP contribution in [0.4, 0.5) is 0 Å². The summed E-state index contributed by atoms with van der Waals surface area (Å²) in [6.07, 6.45) is 65.6. The van der Waals surface area contributed by atoms with Crippen molar-refractivity contribution in [2.45, 2.75) is 245 Å². The average Bonchev–Trinajstić information content (AvgIpc) is 3.28. The Labute approximate surface area is 388 Å². The van der Waals surface area contributed by atoms with E-state index in [2.05, 4.69) is 106 Å². The fraction of sp³-hybridized carbons (Fsp3) is 0.702. The van der Waals surface area contributed by atoms with E-state index in [9.17, 15) is 14.4 Å². The minimum atomic E-state index is -0.809. The van der Waals surface area contributed by atoms with Crippen molar-refractivity contribution in [2.24, 2.45) is 0 Å². The van der Waals surface area contributed by atoms with Gasteiger partial charge in [-0.1, -0.05) is 189 Å². The van der Waals surface area contributed by atoms with E-state index < -0.39 is 6.10 Å². The van der Waals surface area contributed by atoms with Crippen molar-refractivity contribution in [1.82, 2.24) is 0 Å². The first-order valence-corrected chi connectivity index (χ1v) is 26.1. The molecule has 0 aliphatic rings. The summed E-state index contributed by atoms with van der Waals surface area (Å²) in [4.78, 5) is 38.0. The smallest absolute Gasteiger partial charge is 0.306 e. The number of esters is 3. The standard InChI is InChI=1S/C57H96O6/c1-4-7-10-13-16-19-22-25-27-28-30-32-35-38-41-44-47-50-56(59)62-53-54(52-61-55(58)49-46-43-40-37-34-31-24-21-18-15-12-9-6-3)63-57(60)51-48-45-42-39-36-33-29-26-23-20-17-14-11-8-5-2/h16-17,19-21,24-27,29-30,32,38,41,54H,4-15,18,22-23,28,31,33-37,39-40,42-53H2,1-3H3/t54-/m1/s1. The van der Waals surface area contributed by atoms with E-state index in [1.807, 2.05) is 0 Å². The molecule has 0 saturated heterocycles. The Morgan fingerprint density at radius 1 is 0.317 bits per heavy atom. The van der Waals surface area contributed by atoms with Crippen LogP contribution >= 0.6 is 0 Å². The summed E-state index contributed by atoms with van der Waals surface area (Å²) in [5.41, 5.74) is 0. The summed E-state index contributed by atoms with van der Waals surface area (Å²) in [6.45, 7) is 6.49. The zero-order chi connectivity index (χ0) is 45.8. The lowest BCUT2D eigenvalue weighted by Crippen LogP contribution is -2.30. The van der Waals surface area contributed by atoms with E-state index >= 15 is 0 Å². The van der Waals surface area contributed by atoms with E-state index in [1.165, 1.54) is 89.9 Å². The highest BCUT2D eigenvalue weighted by Gasteiger charge is 2.19. The van der Waals surface area contributed by atoms with Gasteiger partial charge in [-0.2, -0.15) is 0 Å². The van der Waals surface area contributed by atoms with Crippen LogP contribution in [-0.4, -0.2) is 37.2 Å². The Kier molecular flexibility index (Phi) is 48.5. The predicted molar refractivity (Wildman–Crippen MR) is 270 cm³/mol. The van der Waals surface area contributed by atoms with E-state index in [4.69, 9.17) is 14.2 Å². The molecule has 0 aromatic carbocycles. The molecule has 0 heterocycles. The van der Waals surface area contributed by atoms with Crippen LogP contribution in [-0.2, 0) is 28.6 Å². The van der Waals surface area contributed by atoms with Crippen molar-refractivity contribution >= 4 is 17.9 Å². The van der Waals surface area contributed by atoms with Crippen molar-refractivity contribution in [3.05, 3.63) is 85.1 Å². The van der Waals surface area contributed by atoms with Crippen molar-refractivity contribution in [3.8, 4) is 0 Å². The molecule has 0 aromatic heterocycles. The quantitative estimate of drug-likeness (QED) is 0.0262. The number of rotatable bonds is 46. The minimum Gasteiger partial charge on any atom is -0.462 e. The summed E-state index contributed by atoms with van der Waals surface area (Å²) < 4.78 is 16.7. The first-order valence-electron chi connectivity index (χ1n) is 26.1. The summed E-state index contributed by atoms with van der Waals surface area (Å²) in [5, 5.41) is 0. The van der Waals surface area contributed by atoms with Gasteiger partial charge in [-0.15, -0.1) is 0 Å². The molecule has 0 N–H and O–H groups in total. The molecule has 0 unspecified atom stereocenters. The Hall–Kier alpha value is -3.41. The fourth-order valence-corrected chi connectivity index (χ4v) is 6.87. The topological polar surface area (TPSA) is 78.9 Å². The summed E-state index contributed by atoms with van der Waals surface area (Å²) in [7, 11) is 0. The van der Waals surface area contributed by atoms with Gasteiger partial charge in [0.2, 0.25) is 0 Å². The number of ether oxygens (including phenoxy) is 3. The molecule has 0 saturated carbocycles. The van der Waals surface area contributed by atoms with Crippen molar-refractivity contribution < 1.29 is 28.6 Å². The SMILES string of the molecule is CCCCCC=CCC=CCC=CCC=CCCCC(=O)OC[C@@H](COC(=O)CCCCCCCC=CCCCCCC)OC(=O)CCCCCCCC=CCC=CCCCCC. The molecule has 0 aromatic rings. The van der Waals surface area contributed by atoms with Gasteiger partial charge >= 0.3 is 17.9 Å². The molecule has 0 aliphatic carbocycles. The van der Waals surface area contributed by atoms with E-state index in [0.29, 0.717) is 19.3 Å². The zero-order valence-electron chi connectivity index (χ0n) is 41.1. The van der Waals surface area contributed by atoms with Crippen LogP contribution in [0.2, 0.25) is 0 Å². The maximum absolute atomic E-state index is 12.8. The molecular formula is C57H96O6. The number of carbonyl (C=O) groups excluding carboxylic acids is 3. The number of allylic oxidation sites excluding steroid dienone is 14. The van der Waals surface area contributed by atoms with Crippen LogP contribution in [0.3, 0.4) is 0 Å². The molecule has 63 heavy (non-hydrogen) atoms. The normalized spacial score (nSPS) is 12.7. The van der Waals surface area contributed by atoms with Crippen LogP contribution in [0.15, 0.2) is 85.1 Å². The molecule has 0 spiro atoms. The highest BCUT2D eigenvalue weighted by molar-refractivity contribution is 5.71. The first-order chi connectivity index (χ1) is 31.0. The molecule has 6 heteroatoms. The lowest BCUT2D eigenvalue weighted by molar-refractivity contribution is -0.167. The monoisotopic (exact) mass is 877 g/mol. The van der Waals surface area contributed by atoms with E-state index in [-0.39, 0.29) is 37.5 Å². The predicted octanol–water partition coefficient (Wildman–Crippen LogP) is 17.2. The molecule has 0 aliphatic heterocycles. The second-order valence-corrected chi connectivity index (χ2v) is 17.1. The number of unbranched alkanes of at least 4 members (excludes halogenated alkanes) is 21. The zero-order valence-corrected chi connectivity index (χ0v) is 41.1. The van der Waals surface area contributed by atoms with Gasteiger partial charge < -0.3 is 14.2 Å². The molecule has 0 radical (unpaired) electrons. The molecule has 0 bridgehead atoms. The van der Waals surface area contributed by atoms with Gasteiger partial charge in [0.25, 0.3) is 0 Å². The van der Waals surface area contributed by atoms with Gasteiger partial charge in [0, 0.05) is 19.3 Å². The van der Waals surface area contributed by atoms with Gasteiger partial charge in [0.15, 0.2) is 6.10 Å². The third-order valence-corrected chi connectivity index (χ3v) is 10.8. The maximum atomic E-state index is 12.8. The lowest BCUT2D eigenvalue weighted by Gasteiger charge is -2.18. The Bertz CT molecular complexity index is 1240. The molecule has 0 amide bonds. The first kappa shape index (κ1) is 59.6. The fourth-order valence-electron chi connectivity index (χ4n) is 6.87. The third kappa shape index (κ3) is 49.5. The van der Waals surface area contributed by atoms with Crippen LogP contribution < -0.4 is 0 Å². The number of hydrogen-bond donors (Lipinski definition) is 0. The third-order valence-electron chi connectivity index (χ3n) is 10.8.